The van der Waals surface area contributed by atoms with Gasteiger partial charge in [0.15, 0.2) is 5.82 Å². The fraction of sp³-hybridized carbons (Fsp3) is 0.158. The first kappa shape index (κ1) is 17.4. The molecule has 128 valence electrons. The lowest BCUT2D eigenvalue weighted by Gasteiger charge is -2.04. The van der Waals surface area contributed by atoms with E-state index in [0.717, 1.165) is 40.0 Å². The van der Waals surface area contributed by atoms with Crippen molar-refractivity contribution >= 4 is 27.9 Å². The van der Waals surface area contributed by atoms with Gasteiger partial charge in [-0.3, -0.25) is 5.32 Å². The Kier molecular flexibility index (Phi) is 5.28. The smallest absolute Gasteiger partial charge is 0.272 e. The van der Waals surface area contributed by atoms with Gasteiger partial charge in [-0.1, -0.05) is 42.5 Å². The van der Waals surface area contributed by atoms with Gasteiger partial charge in [-0.25, -0.2) is 4.98 Å². The number of nitrogens with zero attached hydrogens (tertiary/aromatic N) is 2. The van der Waals surface area contributed by atoms with Crippen molar-refractivity contribution in [2.75, 3.05) is 20.3 Å². The summed E-state index contributed by atoms with van der Waals surface area (Å²) >= 11 is 0. The number of fused-ring (bicyclic) bond motifs is 3. The number of para-hydroxylation sites is 1. The molecule has 4 aromatic rings. The molecule has 2 aromatic carbocycles. The highest BCUT2D eigenvalue weighted by molar-refractivity contribution is 6.05. The molecule has 0 saturated carbocycles. The first-order chi connectivity index (χ1) is 11.9. The van der Waals surface area contributed by atoms with Gasteiger partial charge in [0.1, 0.15) is 17.6 Å². The van der Waals surface area contributed by atoms with Crippen LogP contribution in [0.5, 0.6) is 0 Å². The summed E-state index contributed by atoms with van der Waals surface area (Å²) in [5, 5.41) is 3.05. The summed E-state index contributed by atoms with van der Waals surface area (Å²) in [6, 6.07) is 17.9. The highest BCUT2D eigenvalue weighted by Gasteiger charge is 2.18. The molecule has 0 aliphatic heterocycles. The molecule has 6 heteroatoms. The maximum absolute atomic E-state index is 6.01. The minimum atomic E-state index is 0. The van der Waals surface area contributed by atoms with Gasteiger partial charge in [-0.15, -0.1) is 0 Å². The molecule has 0 atom stereocenters. The number of furan rings is 1. The Hall–Kier alpha value is -2.47. The summed E-state index contributed by atoms with van der Waals surface area (Å²) in [6.07, 6.45) is 0. The molecule has 0 aliphatic carbocycles. The Balaban J connectivity index is 0.00000182. The van der Waals surface area contributed by atoms with Crippen molar-refractivity contribution in [3.63, 3.8) is 0 Å². The van der Waals surface area contributed by atoms with Gasteiger partial charge in [-0.2, -0.15) is 4.98 Å². The second-order valence-corrected chi connectivity index (χ2v) is 5.56. The highest BCUT2D eigenvalue weighted by atomic mass is 35.5. The molecular formula is C19H18ClN3O2. The maximum atomic E-state index is 6.01. The summed E-state index contributed by atoms with van der Waals surface area (Å²) in [5.41, 5.74) is 3.40. The van der Waals surface area contributed by atoms with E-state index in [1.807, 2.05) is 59.9 Å². The van der Waals surface area contributed by atoms with E-state index in [1.54, 1.807) is 7.11 Å². The Morgan fingerprint density at radius 3 is 2.56 bits per heavy atom. The fourth-order valence-corrected chi connectivity index (χ4v) is 2.78. The molecule has 2 heterocycles. The number of aromatic nitrogens is 2. The molecule has 5 nitrogen and oxygen atoms in total. The standard InChI is InChI=1S/C19H17N3O2.ClH/c1-23-12-11-20-19-17-16(14-9-5-6-10-15(14)24-17)21-18(22-19)13-7-3-2-4-8-13;/h2-10H,11-12H2,1H3,(H,20,21,22);1H. The number of hydrogen-bond donors (Lipinski definition) is 1. The minimum Gasteiger partial charge on any atom is -1.00 e. The van der Waals surface area contributed by atoms with Crippen LogP contribution in [0.4, 0.5) is 5.82 Å². The summed E-state index contributed by atoms with van der Waals surface area (Å²) < 4.78 is 11.2. The quantitative estimate of drug-likeness (QED) is 0.507. The van der Waals surface area contributed by atoms with Crippen LogP contribution in [-0.2, 0) is 4.74 Å². The predicted molar refractivity (Wildman–Crippen MR) is 93.1 cm³/mol. The third-order valence-corrected chi connectivity index (χ3v) is 3.94. The number of nitrogens with two attached hydrogens (primary N) is 1. The molecule has 0 unspecified atom stereocenters. The lowest BCUT2D eigenvalue weighted by molar-refractivity contribution is -0.576. The van der Waals surface area contributed by atoms with E-state index in [9.17, 15) is 0 Å². The Morgan fingerprint density at radius 2 is 1.76 bits per heavy atom. The first-order valence-electron chi connectivity index (χ1n) is 7.93. The monoisotopic (exact) mass is 355 g/mol. The van der Waals surface area contributed by atoms with Crippen molar-refractivity contribution < 1.29 is 26.9 Å². The molecule has 4 rings (SSSR count). The van der Waals surface area contributed by atoms with Crippen molar-refractivity contribution in [2.24, 2.45) is 0 Å². The molecule has 0 aliphatic rings. The maximum Gasteiger partial charge on any atom is 0.272 e. The Labute approximate surface area is 151 Å². The van der Waals surface area contributed by atoms with E-state index < -0.39 is 0 Å². The molecule has 0 radical (unpaired) electrons. The van der Waals surface area contributed by atoms with Crippen LogP contribution in [0.15, 0.2) is 59.0 Å². The van der Waals surface area contributed by atoms with Crippen LogP contribution in [-0.4, -0.2) is 30.2 Å². The van der Waals surface area contributed by atoms with Gasteiger partial charge < -0.3 is 21.6 Å². The number of ether oxygens (including phenoxy) is 1. The van der Waals surface area contributed by atoms with E-state index >= 15 is 0 Å². The van der Waals surface area contributed by atoms with Crippen molar-refractivity contribution in [2.45, 2.75) is 0 Å². The Morgan fingerprint density at radius 1 is 1.00 bits per heavy atom. The van der Waals surface area contributed by atoms with Crippen molar-refractivity contribution in [3.8, 4) is 11.4 Å². The highest BCUT2D eigenvalue weighted by Crippen LogP contribution is 2.31. The Bertz CT molecular complexity index is 986. The van der Waals surface area contributed by atoms with Crippen LogP contribution in [0.25, 0.3) is 33.5 Å². The van der Waals surface area contributed by atoms with Crippen LogP contribution in [0, 0.1) is 0 Å². The largest absolute Gasteiger partial charge is 1.00 e. The predicted octanol–water partition coefficient (Wildman–Crippen LogP) is -0.112. The van der Waals surface area contributed by atoms with Gasteiger partial charge in [0.05, 0.1) is 6.61 Å². The number of hydrogen-bond acceptors (Lipinski definition) is 4. The second-order valence-electron chi connectivity index (χ2n) is 5.56. The molecule has 2 aromatic heterocycles. The zero-order chi connectivity index (χ0) is 16.4. The van der Waals surface area contributed by atoms with Crippen LogP contribution in [0.3, 0.4) is 0 Å². The third-order valence-electron chi connectivity index (χ3n) is 3.94. The molecule has 0 spiro atoms. The number of methoxy groups -OCH3 is 1. The van der Waals surface area contributed by atoms with Gasteiger partial charge in [-0.05, 0) is 12.1 Å². The van der Waals surface area contributed by atoms with Gasteiger partial charge in [0.2, 0.25) is 5.58 Å². The SMILES string of the molecule is COCC[NH2+]c1nc(-c2ccccc2)nc2c1oc1ccccc12.[Cl-]. The fourth-order valence-electron chi connectivity index (χ4n) is 2.78. The molecule has 25 heavy (non-hydrogen) atoms. The first-order valence-corrected chi connectivity index (χ1v) is 7.93. The molecular weight excluding hydrogens is 338 g/mol. The van der Waals surface area contributed by atoms with E-state index in [2.05, 4.69) is 0 Å². The normalized spacial score (nSPS) is 10.9. The average molecular weight is 356 g/mol. The lowest BCUT2D eigenvalue weighted by Crippen LogP contribution is -3.00. The van der Waals surface area contributed by atoms with Crippen molar-refractivity contribution in [3.05, 3.63) is 54.6 Å². The van der Waals surface area contributed by atoms with Gasteiger partial charge in [0, 0.05) is 18.1 Å². The zero-order valence-electron chi connectivity index (χ0n) is 13.8. The van der Waals surface area contributed by atoms with Crippen molar-refractivity contribution in [1.29, 1.82) is 0 Å². The molecule has 0 fully saturated rings. The topological polar surface area (TPSA) is 64.8 Å². The average Bonchev–Trinajstić information content (AvgIpc) is 3.01. The molecule has 0 bridgehead atoms. The van der Waals surface area contributed by atoms with Gasteiger partial charge in [0.25, 0.3) is 5.82 Å². The van der Waals surface area contributed by atoms with Crippen LogP contribution >= 0.6 is 0 Å². The minimum absolute atomic E-state index is 0. The molecule has 2 N–H and O–H groups in total. The number of benzene rings is 2. The van der Waals surface area contributed by atoms with E-state index in [0.29, 0.717) is 12.4 Å². The van der Waals surface area contributed by atoms with Gasteiger partial charge >= 0.3 is 0 Å². The second kappa shape index (κ2) is 7.61. The van der Waals surface area contributed by atoms with Crippen LogP contribution in [0.1, 0.15) is 0 Å². The summed E-state index contributed by atoms with van der Waals surface area (Å²) in [4.78, 5) is 9.49. The van der Waals surface area contributed by atoms with E-state index in [4.69, 9.17) is 19.1 Å². The van der Waals surface area contributed by atoms with E-state index in [-0.39, 0.29) is 12.4 Å². The van der Waals surface area contributed by atoms with Crippen LogP contribution < -0.4 is 17.7 Å². The number of rotatable bonds is 5. The number of quaternary nitrogens is 1. The molecule has 0 saturated heterocycles. The summed E-state index contributed by atoms with van der Waals surface area (Å²) in [6.45, 7) is 1.42. The lowest BCUT2D eigenvalue weighted by atomic mass is 10.2. The molecule has 0 amide bonds. The van der Waals surface area contributed by atoms with E-state index in [1.165, 1.54) is 0 Å². The van der Waals surface area contributed by atoms with Crippen LogP contribution in [0.2, 0.25) is 0 Å². The number of halogens is 1. The third kappa shape index (κ3) is 3.35. The van der Waals surface area contributed by atoms with Crippen molar-refractivity contribution in [1.82, 2.24) is 9.97 Å². The summed E-state index contributed by atoms with van der Waals surface area (Å²) in [7, 11) is 1.69. The summed E-state index contributed by atoms with van der Waals surface area (Å²) in [5.74, 6) is 1.52. The zero-order valence-corrected chi connectivity index (χ0v) is 14.5.